The summed E-state index contributed by atoms with van der Waals surface area (Å²) in [6, 6.07) is 4.23. The monoisotopic (exact) mass is 349 g/mol. The van der Waals surface area contributed by atoms with E-state index in [0.29, 0.717) is 5.56 Å². The van der Waals surface area contributed by atoms with E-state index < -0.39 is 5.97 Å². The van der Waals surface area contributed by atoms with Gasteiger partial charge in [0, 0.05) is 35.9 Å². The topological polar surface area (TPSA) is 75.1 Å². The van der Waals surface area contributed by atoms with Crippen LogP contribution in [0.4, 0.5) is 0 Å². The van der Waals surface area contributed by atoms with Crippen molar-refractivity contribution in [2.75, 3.05) is 6.61 Å². The maximum Gasteiger partial charge on any atom is 0.133 e. The maximum absolute atomic E-state index is 10.6. The van der Waals surface area contributed by atoms with Gasteiger partial charge in [0.05, 0.1) is 12.2 Å². The lowest BCUT2D eigenvalue weighted by molar-refractivity contribution is -0.304. The molecule has 0 spiro atoms. The van der Waals surface area contributed by atoms with E-state index in [0.717, 1.165) is 36.3 Å². The Hall–Kier alpha value is -2.87. The predicted octanol–water partition coefficient (Wildman–Crippen LogP) is 1.79. The van der Waals surface area contributed by atoms with Crippen LogP contribution in [0.25, 0.3) is 0 Å². The van der Waals surface area contributed by atoms with E-state index in [1.54, 1.807) is 0 Å². The molecule has 0 aliphatic carbocycles. The van der Waals surface area contributed by atoms with Crippen molar-refractivity contribution >= 4 is 5.97 Å². The predicted molar refractivity (Wildman–Crippen MR) is 95.7 cm³/mol. The number of nitrogens with zero attached hydrogens (tertiary/aromatic N) is 2. The van der Waals surface area contributed by atoms with Crippen LogP contribution in [0.3, 0.4) is 0 Å². The number of benzene rings is 1. The van der Waals surface area contributed by atoms with Gasteiger partial charge in [-0.2, -0.15) is 0 Å². The van der Waals surface area contributed by atoms with Gasteiger partial charge in [0.15, 0.2) is 0 Å². The number of aromatic nitrogens is 2. The molecule has 1 aromatic carbocycles. The number of carbonyl (C=O) groups excluding carboxylic acids is 1. The number of ether oxygens (including phenoxy) is 1. The fraction of sp³-hybridized carbons (Fsp3) is 0.381. The summed E-state index contributed by atoms with van der Waals surface area (Å²) in [4.78, 5) is 18.6. The second-order valence-corrected chi connectivity index (χ2v) is 7.03. The van der Waals surface area contributed by atoms with Crippen LogP contribution in [0.1, 0.15) is 55.3 Å². The van der Waals surface area contributed by atoms with Gasteiger partial charge in [-0.05, 0) is 36.0 Å². The van der Waals surface area contributed by atoms with Crippen molar-refractivity contribution in [3.63, 3.8) is 0 Å². The SMILES string of the molecule is CCc1cc2c(cc1C#Cc1cnc(CC(=O)[O-])nc1)C(C)(C)CCO2. The molecule has 0 N–H and O–H groups in total. The molecule has 0 unspecified atom stereocenters. The molecular weight excluding hydrogens is 328 g/mol. The highest BCUT2D eigenvalue weighted by Gasteiger charge is 2.29. The molecular formula is C21H21N2O3-. The van der Waals surface area contributed by atoms with Crippen LogP contribution in [-0.4, -0.2) is 22.5 Å². The number of aliphatic carboxylic acids is 1. The smallest absolute Gasteiger partial charge is 0.133 e. The first-order valence-electron chi connectivity index (χ1n) is 8.72. The normalized spacial score (nSPS) is 14.6. The van der Waals surface area contributed by atoms with Crippen molar-refractivity contribution in [1.29, 1.82) is 0 Å². The first kappa shape index (κ1) is 17.9. The second-order valence-electron chi connectivity index (χ2n) is 7.03. The molecule has 5 nitrogen and oxygen atoms in total. The van der Waals surface area contributed by atoms with Crippen molar-refractivity contribution in [2.24, 2.45) is 0 Å². The van der Waals surface area contributed by atoms with E-state index in [-0.39, 0.29) is 17.7 Å². The zero-order chi connectivity index (χ0) is 18.7. The molecule has 2 heterocycles. The fourth-order valence-electron chi connectivity index (χ4n) is 3.01. The number of carboxylic acids is 1. The molecule has 1 aliphatic heterocycles. The lowest BCUT2D eigenvalue weighted by Gasteiger charge is -2.33. The zero-order valence-corrected chi connectivity index (χ0v) is 15.3. The van der Waals surface area contributed by atoms with Gasteiger partial charge in [0.2, 0.25) is 0 Å². The quantitative estimate of drug-likeness (QED) is 0.790. The molecule has 0 atom stereocenters. The van der Waals surface area contributed by atoms with E-state index in [2.05, 4.69) is 54.7 Å². The first-order chi connectivity index (χ1) is 12.4. The Labute approximate surface area is 153 Å². The van der Waals surface area contributed by atoms with Gasteiger partial charge < -0.3 is 14.6 Å². The number of rotatable bonds is 3. The second kappa shape index (κ2) is 7.17. The third-order valence-corrected chi connectivity index (χ3v) is 4.65. The summed E-state index contributed by atoms with van der Waals surface area (Å²) in [6.07, 6.45) is 4.62. The molecule has 26 heavy (non-hydrogen) atoms. The van der Waals surface area contributed by atoms with Gasteiger partial charge in [0.1, 0.15) is 11.6 Å². The van der Waals surface area contributed by atoms with Crippen molar-refractivity contribution in [3.8, 4) is 17.6 Å². The number of carboxylic acid groups (broad SMARTS) is 1. The van der Waals surface area contributed by atoms with E-state index in [1.807, 2.05) is 0 Å². The highest BCUT2D eigenvalue weighted by Crippen LogP contribution is 2.39. The highest BCUT2D eigenvalue weighted by molar-refractivity contribution is 5.66. The lowest BCUT2D eigenvalue weighted by Crippen LogP contribution is -2.27. The Balaban J connectivity index is 1.93. The Morgan fingerprint density at radius 2 is 2.00 bits per heavy atom. The largest absolute Gasteiger partial charge is 0.550 e. The zero-order valence-electron chi connectivity index (χ0n) is 15.3. The van der Waals surface area contributed by atoms with Crippen LogP contribution >= 0.6 is 0 Å². The summed E-state index contributed by atoms with van der Waals surface area (Å²) >= 11 is 0. The molecule has 5 heteroatoms. The minimum atomic E-state index is -1.20. The molecule has 3 rings (SSSR count). The summed E-state index contributed by atoms with van der Waals surface area (Å²) in [6.45, 7) is 7.28. The van der Waals surface area contributed by atoms with Crippen molar-refractivity contribution < 1.29 is 14.6 Å². The van der Waals surface area contributed by atoms with Gasteiger partial charge in [-0.15, -0.1) is 0 Å². The minimum absolute atomic E-state index is 0.0614. The van der Waals surface area contributed by atoms with Crippen molar-refractivity contribution in [2.45, 2.75) is 45.4 Å². The van der Waals surface area contributed by atoms with Gasteiger partial charge in [0.25, 0.3) is 0 Å². The number of hydrogen-bond acceptors (Lipinski definition) is 5. The fourth-order valence-corrected chi connectivity index (χ4v) is 3.01. The summed E-state index contributed by atoms with van der Waals surface area (Å²) in [5, 5.41) is 10.6. The molecule has 0 saturated carbocycles. The molecule has 1 aliphatic rings. The van der Waals surface area contributed by atoms with Gasteiger partial charge in [-0.25, -0.2) is 9.97 Å². The Bertz CT molecular complexity index is 890. The van der Waals surface area contributed by atoms with Crippen LogP contribution in [-0.2, 0) is 23.1 Å². The number of carbonyl (C=O) groups is 1. The molecule has 0 radical (unpaired) electrons. The molecule has 0 fully saturated rings. The van der Waals surface area contributed by atoms with Crippen molar-refractivity contribution in [1.82, 2.24) is 9.97 Å². The minimum Gasteiger partial charge on any atom is -0.550 e. The van der Waals surface area contributed by atoms with Crippen LogP contribution in [0.2, 0.25) is 0 Å². The number of fused-ring (bicyclic) bond motifs is 1. The number of hydrogen-bond donors (Lipinski definition) is 0. The first-order valence-corrected chi connectivity index (χ1v) is 8.72. The van der Waals surface area contributed by atoms with Gasteiger partial charge in [-0.3, -0.25) is 0 Å². The highest BCUT2D eigenvalue weighted by atomic mass is 16.5. The Morgan fingerprint density at radius 3 is 2.65 bits per heavy atom. The van der Waals surface area contributed by atoms with E-state index in [4.69, 9.17) is 4.74 Å². The summed E-state index contributed by atoms with van der Waals surface area (Å²) < 4.78 is 5.84. The van der Waals surface area contributed by atoms with Gasteiger partial charge >= 0.3 is 0 Å². The average Bonchev–Trinajstić information content (AvgIpc) is 2.60. The van der Waals surface area contributed by atoms with E-state index >= 15 is 0 Å². The molecule has 2 aromatic rings. The van der Waals surface area contributed by atoms with Crippen LogP contribution < -0.4 is 9.84 Å². The van der Waals surface area contributed by atoms with Crippen LogP contribution in [0.15, 0.2) is 24.5 Å². The van der Waals surface area contributed by atoms with Crippen LogP contribution in [0.5, 0.6) is 5.75 Å². The summed E-state index contributed by atoms with van der Waals surface area (Å²) in [5.41, 5.74) is 4.01. The molecule has 0 amide bonds. The third kappa shape index (κ3) is 3.85. The van der Waals surface area contributed by atoms with Crippen LogP contribution in [0, 0.1) is 11.8 Å². The standard InChI is InChI=1S/C21H22N2O3/c1-4-15-10-18-17(21(2,3)7-8-26-18)9-16(15)6-5-14-12-22-19(23-13-14)11-20(24)25/h9-10,12-13H,4,7-8,11H2,1-3H3,(H,24,25)/p-1. The molecule has 0 saturated heterocycles. The third-order valence-electron chi connectivity index (χ3n) is 4.65. The molecule has 134 valence electrons. The average molecular weight is 349 g/mol. The summed E-state index contributed by atoms with van der Waals surface area (Å²) in [5.74, 6) is 6.26. The van der Waals surface area contributed by atoms with E-state index in [9.17, 15) is 9.90 Å². The Morgan fingerprint density at radius 1 is 1.27 bits per heavy atom. The maximum atomic E-state index is 10.6. The molecule has 0 bridgehead atoms. The Kier molecular flexibility index (Phi) is 4.94. The number of aryl methyl sites for hydroxylation is 1. The molecule has 1 aromatic heterocycles. The van der Waals surface area contributed by atoms with E-state index in [1.165, 1.54) is 18.0 Å². The lowest BCUT2D eigenvalue weighted by atomic mass is 9.78. The van der Waals surface area contributed by atoms with Gasteiger partial charge in [-0.1, -0.05) is 32.6 Å². The van der Waals surface area contributed by atoms with Crippen molar-refractivity contribution in [3.05, 3.63) is 52.6 Å². The summed E-state index contributed by atoms with van der Waals surface area (Å²) in [7, 11) is 0.